The quantitative estimate of drug-likeness (QED) is 0.496. The number of benzene rings is 2. The Morgan fingerprint density at radius 2 is 1.37 bits per heavy atom. The number of hydrogen-bond acceptors (Lipinski definition) is 3. The van der Waals surface area contributed by atoms with Crippen LogP contribution in [0.15, 0.2) is 65.7 Å². The molecule has 2 rings (SSSR count). The summed E-state index contributed by atoms with van der Waals surface area (Å²) < 4.78 is 0. The number of carbonyl (C=O) groups excluding carboxylic acids is 1. The fraction of sp³-hybridized carbons (Fsp3) is 0.423. The van der Waals surface area contributed by atoms with Crippen molar-refractivity contribution in [1.82, 2.24) is 0 Å². The lowest BCUT2D eigenvalue weighted by atomic mass is 9.70. The Kier molecular flexibility index (Phi) is 8.10. The van der Waals surface area contributed by atoms with Crippen molar-refractivity contribution >= 4 is 17.5 Å². The van der Waals surface area contributed by atoms with Gasteiger partial charge in [0.2, 0.25) is 0 Å². The summed E-state index contributed by atoms with van der Waals surface area (Å²) in [5.74, 6) is -0.898. The van der Waals surface area contributed by atoms with Gasteiger partial charge < -0.3 is 5.11 Å². The predicted octanol–water partition coefficient (Wildman–Crippen LogP) is 5.93. The zero-order chi connectivity index (χ0) is 22.2. The molecule has 1 atom stereocenters. The highest BCUT2D eigenvalue weighted by molar-refractivity contribution is 6.13. The number of rotatable bonds is 10. The maximum atomic E-state index is 12.7. The van der Waals surface area contributed by atoms with Crippen LogP contribution in [-0.2, 0) is 9.59 Å². The van der Waals surface area contributed by atoms with E-state index in [9.17, 15) is 14.7 Å². The summed E-state index contributed by atoms with van der Waals surface area (Å²) >= 11 is 0. The van der Waals surface area contributed by atoms with Gasteiger partial charge in [-0.3, -0.25) is 9.79 Å². The smallest absolute Gasteiger partial charge is 0.332 e. The summed E-state index contributed by atoms with van der Waals surface area (Å²) in [6, 6.07) is 19.3. The second kappa shape index (κ2) is 10.3. The minimum atomic E-state index is -1.42. The van der Waals surface area contributed by atoms with Crippen LogP contribution in [0.1, 0.15) is 70.9 Å². The standard InChI is InChI=1S/C26H33NO3/c1-5-6-17-22(28)18-19-26(24(29)30,25(2,3)4)27-23(20-13-9-7-10-14-20)21-15-11-8-12-16-21/h7-16H,5-6,17-19H2,1-4H3,(H,29,30)/t26-/m0/s1. The molecule has 0 aromatic heterocycles. The number of carboxylic acids is 1. The number of nitrogens with zero attached hydrogens (tertiary/aromatic N) is 1. The topological polar surface area (TPSA) is 66.7 Å². The molecule has 0 amide bonds. The number of aliphatic imine (C=N–C) groups is 1. The van der Waals surface area contributed by atoms with Crippen LogP contribution in [0, 0.1) is 5.41 Å². The molecule has 30 heavy (non-hydrogen) atoms. The fourth-order valence-corrected chi connectivity index (χ4v) is 3.57. The Morgan fingerprint density at radius 3 is 1.77 bits per heavy atom. The second-order valence-corrected chi connectivity index (χ2v) is 8.75. The van der Waals surface area contributed by atoms with Crippen LogP contribution in [0.5, 0.6) is 0 Å². The van der Waals surface area contributed by atoms with E-state index in [2.05, 4.69) is 0 Å². The maximum absolute atomic E-state index is 12.7. The molecule has 0 aliphatic rings. The minimum absolute atomic E-state index is 0.0999. The third-order valence-electron chi connectivity index (χ3n) is 5.57. The number of ketones is 1. The lowest BCUT2D eigenvalue weighted by Gasteiger charge is -2.38. The van der Waals surface area contributed by atoms with Crippen LogP contribution in [0.2, 0.25) is 0 Å². The van der Waals surface area contributed by atoms with E-state index < -0.39 is 16.9 Å². The SMILES string of the molecule is CCCCC(=O)CC[C@](N=C(c1ccccc1)c1ccccc1)(C(=O)O)C(C)(C)C. The zero-order valence-corrected chi connectivity index (χ0v) is 18.5. The number of carboxylic acid groups (broad SMARTS) is 1. The molecule has 0 spiro atoms. The molecule has 1 N–H and O–H groups in total. The van der Waals surface area contributed by atoms with Gasteiger partial charge in [0, 0.05) is 24.0 Å². The third kappa shape index (κ3) is 5.65. The van der Waals surface area contributed by atoms with Crippen LogP contribution in [0.25, 0.3) is 0 Å². The van der Waals surface area contributed by atoms with E-state index >= 15 is 0 Å². The van der Waals surface area contributed by atoms with Gasteiger partial charge in [-0.2, -0.15) is 0 Å². The zero-order valence-electron chi connectivity index (χ0n) is 18.5. The largest absolute Gasteiger partial charge is 0.479 e. The van der Waals surface area contributed by atoms with Crippen LogP contribution in [0.3, 0.4) is 0 Å². The van der Waals surface area contributed by atoms with Gasteiger partial charge in [-0.1, -0.05) is 94.8 Å². The first-order valence-electron chi connectivity index (χ1n) is 10.7. The number of Topliss-reactive ketones (excluding diaryl/α,β-unsaturated/α-hetero) is 1. The summed E-state index contributed by atoms with van der Waals surface area (Å²) in [5, 5.41) is 10.4. The molecule has 0 heterocycles. The molecule has 2 aromatic rings. The first kappa shape index (κ1) is 23.5. The van der Waals surface area contributed by atoms with Crippen molar-refractivity contribution in [1.29, 1.82) is 0 Å². The first-order valence-corrected chi connectivity index (χ1v) is 10.7. The highest BCUT2D eigenvalue weighted by atomic mass is 16.4. The van der Waals surface area contributed by atoms with Gasteiger partial charge in [-0.05, 0) is 18.3 Å². The summed E-state index contributed by atoms with van der Waals surface area (Å²) in [7, 11) is 0. The molecular weight excluding hydrogens is 374 g/mol. The van der Waals surface area contributed by atoms with Crippen molar-refractivity contribution in [3.8, 4) is 0 Å². The predicted molar refractivity (Wildman–Crippen MR) is 122 cm³/mol. The van der Waals surface area contributed by atoms with Crippen molar-refractivity contribution < 1.29 is 14.7 Å². The lowest BCUT2D eigenvalue weighted by Crippen LogP contribution is -2.49. The number of aliphatic carboxylic acids is 1. The molecule has 0 fully saturated rings. The van der Waals surface area contributed by atoms with Crippen LogP contribution < -0.4 is 0 Å². The van der Waals surface area contributed by atoms with Gasteiger partial charge in [0.15, 0.2) is 5.54 Å². The summed E-state index contributed by atoms with van der Waals surface area (Å²) in [6.07, 6.45) is 2.65. The van der Waals surface area contributed by atoms with Crippen LogP contribution >= 0.6 is 0 Å². The maximum Gasteiger partial charge on any atom is 0.332 e. The molecule has 0 saturated carbocycles. The molecule has 0 aliphatic heterocycles. The number of hydrogen-bond donors (Lipinski definition) is 1. The van der Waals surface area contributed by atoms with E-state index in [0.29, 0.717) is 12.1 Å². The van der Waals surface area contributed by atoms with Gasteiger partial charge in [-0.15, -0.1) is 0 Å². The minimum Gasteiger partial charge on any atom is -0.479 e. The Hall–Kier alpha value is -2.75. The fourth-order valence-electron chi connectivity index (χ4n) is 3.57. The highest BCUT2D eigenvalue weighted by Gasteiger charge is 2.49. The summed E-state index contributed by atoms with van der Waals surface area (Å²) in [6.45, 7) is 7.69. The monoisotopic (exact) mass is 407 g/mol. The third-order valence-corrected chi connectivity index (χ3v) is 5.57. The Bertz CT molecular complexity index is 825. The van der Waals surface area contributed by atoms with E-state index in [1.165, 1.54) is 0 Å². The Balaban J connectivity index is 2.60. The molecular formula is C26H33NO3. The highest BCUT2D eigenvalue weighted by Crippen LogP contribution is 2.39. The van der Waals surface area contributed by atoms with Gasteiger partial charge in [0.1, 0.15) is 5.78 Å². The number of unbranched alkanes of at least 4 members (excludes halogenated alkanes) is 1. The van der Waals surface area contributed by atoms with Gasteiger partial charge in [-0.25, -0.2) is 4.79 Å². The molecule has 0 bridgehead atoms. The second-order valence-electron chi connectivity index (χ2n) is 8.75. The van der Waals surface area contributed by atoms with Crippen LogP contribution in [-0.4, -0.2) is 28.1 Å². The number of carbonyl (C=O) groups is 2. The van der Waals surface area contributed by atoms with Crippen molar-refractivity contribution in [2.45, 2.75) is 65.3 Å². The molecule has 0 unspecified atom stereocenters. The van der Waals surface area contributed by atoms with Crippen molar-refractivity contribution in [3.63, 3.8) is 0 Å². The van der Waals surface area contributed by atoms with Gasteiger partial charge >= 0.3 is 5.97 Å². The van der Waals surface area contributed by atoms with Crippen LogP contribution in [0.4, 0.5) is 0 Å². The summed E-state index contributed by atoms with van der Waals surface area (Å²) in [4.78, 5) is 30.0. The Labute approximate surface area is 180 Å². The van der Waals surface area contributed by atoms with Crippen molar-refractivity contribution in [3.05, 3.63) is 71.8 Å². The normalized spacial score (nSPS) is 13.3. The molecule has 0 saturated heterocycles. The van der Waals surface area contributed by atoms with Gasteiger partial charge in [0.25, 0.3) is 0 Å². The van der Waals surface area contributed by atoms with Gasteiger partial charge in [0.05, 0.1) is 5.71 Å². The van der Waals surface area contributed by atoms with E-state index in [-0.39, 0.29) is 18.6 Å². The molecule has 2 aromatic carbocycles. The summed E-state index contributed by atoms with van der Waals surface area (Å²) in [5.41, 5.74) is 0.246. The van der Waals surface area contributed by atoms with E-state index in [0.717, 1.165) is 24.0 Å². The van der Waals surface area contributed by atoms with E-state index in [1.54, 1.807) is 0 Å². The lowest BCUT2D eigenvalue weighted by molar-refractivity contribution is -0.148. The first-order chi connectivity index (χ1) is 14.2. The molecule has 4 nitrogen and oxygen atoms in total. The molecule has 4 heteroatoms. The van der Waals surface area contributed by atoms with E-state index in [4.69, 9.17) is 4.99 Å². The average Bonchev–Trinajstić information content (AvgIpc) is 2.72. The average molecular weight is 408 g/mol. The van der Waals surface area contributed by atoms with E-state index in [1.807, 2.05) is 88.4 Å². The Morgan fingerprint density at radius 1 is 0.867 bits per heavy atom. The molecule has 0 aliphatic carbocycles. The van der Waals surface area contributed by atoms with Crippen molar-refractivity contribution in [2.75, 3.05) is 0 Å². The van der Waals surface area contributed by atoms with Crippen molar-refractivity contribution in [2.24, 2.45) is 10.4 Å². The molecule has 160 valence electrons. The molecule has 0 radical (unpaired) electrons.